The number of piperidine rings is 1. The molecule has 39 heavy (non-hydrogen) atoms. The number of hydrogen-bond donors (Lipinski definition) is 1. The second-order valence-corrected chi connectivity index (χ2v) is 13.3. The SMILES string of the molecule is Oc1ccc2c(c1)C13CCN(CC4CC4)C(C2)C12CCC1C3[C@@H](CN1C(c1ccccc1)c1ccccc1)O2. The highest BCUT2D eigenvalue weighted by Crippen LogP contribution is 2.70. The largest absolute Gasteiger partial charge is 0.508 e. The molecule has 3 aliphatic carbocycles. The van der Waals surface area contributed by atoms with Crippen LogP contribution in [0.25, 0.3) is 0 Å². The summed E-state index contributed by atoms with van der Waals surface area (Å²) in [5.41, 5.74) is 5.49. The molecule has 3 aromatic rings. The van der Waals surface area contributed by atoms with Crippen molar-refractivity contribution in [3.8, 4) is 5.75 Å². The van der Waals surface area contributed by atoms with E-state index in [1.165, 1.54) is 48.1 Å². The van der Waals surface area contributed by atoms with E-state index in [0.717, 1.165) is 38.3 Å². The van der Waals surface area contributed by atoms with E-state index in [9.17, 15) is 5.11 Å². The molecule has 4 bridgehead atoms. The number of fused-ring (bicyclic) bond motifs is 1. The van der Waals surface area contributed by atoms with E-state index in [2.05, 4.69) is 82.6 Å². The normalized spacial score (nSPS) is 36.6. The Hall–Kier alpha value is -2.66. The highest BCUT2D eigenvalue weighted by atomic mass is 16.5. The van der Waals surface area contributed by atoms with Crippen molar-refractivity contribution in [3.63, 3.8) is 0 Å². The van der Waals surface area contributed by atoms with E-state index in [4.69, 9.17) is 4.74 Å². The number of hydrogen-bond acceptors (Lipinski definition) is 4. The third-order valence-corrected chi connectivity index (χ3v) is 11.6. The minimum atomic E-state index is -0.117. The number of nitrogens with zero attached hydrogens (tertiary/aromatic N) is 2. The molecule has 3 aliphatic heterocycles. The van der Waals surface area contributed by atoms with Gasteiger partial charge in [-0.2, -0.15) is 0 Å². The Morgan fingerprint density at radius 2 is 1.64 bits per heavy atom. The number of rotatable bonds is 5. The maximum absolute atomic E-state index is 10.8. The van der Waals surface area contributed by atoms with Crippen molar-refractivity contribution in [2.24, 2.45) is 11.8 Å². The monoisotopic (exact) mass is 518 g/mol. The number of aromatic hydroxyl groups is 1. The predicted molar refractivity (Wildman–Crippen MR) is 152 cm³/mol. The zero-order valence-corrected chi connectivity index (χ0v) is 22.6. The minimum Gasteiger partial charge on any atom is -0.508 e. The summed E-state index contributed by atoms with van der Waals surface area (Å²) in [7, 11) is 0. The highest BCUT2D eigenvalue weighted by Gasteiger charge is 2.78. The van der Waals surface area contributed by atoms with Gasteiger partial charge >= 0.3 is 0 Å². The predicted octanol–water partition coefficient (Wildman–Crippen LogP) is 5.69. The highest BCUT2D eigenvalue weighted by molar-refractivity contribution is 5.52. The molecule has 2 saturated carbocycles. The number of phenols is 1. The van der Waals surface area contributed by atoms with Gasteiger partial charge in [-0.05, 0) is 85.4 Å². The second kappa shape index (κ2) is 8.19. The van der Waals surface area contributed by atoms with Crippen molar-refractivity contribution in [2.45, 2.75) is 73.8 Å². The van der Waals surface area contributed by atoms with Gasteiger partial charge in [-0.15, -0.1) is 0 Å². The first-order valence-electron chi connectivity index (χ1n) is 15.3. The first-order chi connectivity index (χ1) is 19.2. The molecule has 3 saturated heterocycles. The summed E-state index contributed by atoms with van der Waals surface area (Å²) < 4.78 is 7.54. The molecule has 0 amide bonds. The van der Waals surface area contributed by atoms with Gasteiger partial charge in [0.25, 0.3) is 0 Å². The lowest BCUT2D eigenvalue weighted by Gasteiger charge is -2.65. The van der Waals surface area contributed by atoms with E-state index in [-0.39, 0.29) is 23.2 Å². The van der Waals surface area contributed by atoms with Gasteiger partial charge in [-0.25, -0.2) is 0 Å². The summed E-state index contributed by atoms with van der Waals surface area (Å²) in [6.45, 7) is 3.39. The van der Waals surface area contributed by atoms with Crippen LogP contribution in [0.2, 0.25) is 0 Å². The zero-order chi connectivity index (χ0) is 25.8. The van der Waals surface area contributed by atoms with Crippen LogP contribution in [0, 0.1) is 11.8 Å². The van der Waals surface area contributed by atoms with Gasteiger partial charge < -0.3 is 9.84 Å². The van der Waals surface area contributed by atoms with Crippen molar-refractivity contribution < 1.29 is 9.84 Å². The molecular weight excluding hydrogens is 480 g/mol. The molecule has 200 valence electrons. The molecule has 4 heteroatoms. The lowest BCUT2D eigenvalue weighted by molar-refractivity contribution is -0.175. The van der Waals surface area contributed by atoms with E-state index in [1.54, 1.807) is 0 Å². The molecule has 5 fully saturated rings. The van der Waals surface area contributed by atoms with Crippen LogP contribution in [-0.4, -0.2) is 58.3 Å². The van der Waals surface area contributed by atoms with Gasteiger partial charge in [-0.3, -0.25) is 9.80 Å². The van der Waals surface area contributed by atoms with Crippen molar-refractivity contribution >= 4 is 0 Å². The molecule has 3 heterocycles. The van der Waals surface area contributed by atoms with Crippen LogP contribution < -0.4 is 0 Å². The van der Waals surface area contributed by atoms with Crippen LogP contribution in [0.1, 0.15) is 60.4 Å². The Balaban J connectivity index is 1.18. The van der Waals surface area contributed by atoms with Gasteiger partial charge in [0, 0.05) is 36.5 Å². The van der Waals surface area contributed by atoms with E-state index < -0.39 is 0 Å². The van der Waals surface area contributed by atoms with Crippen LogP contribution in [0.15, 0.2) is 78.9 Å². The molecule has 0 aromatic heterocycles. The summed E-state index contributed by atoms with van der Waals surface area (Å²) in [5, 5.41) is 10.8. The summed E-state index contributed by atoms with van der Waals surface area (Å²) in [4.78, 5) is 5.64. The Bertz CT molecular complexity index is 1370. The summed E-state index contributed by atoms with van der Waals surface area (Å²) >= 11 is 0. The van der Waals surface area contributed by atoms with E-state index in [1.807, 2.05) is 6.07 Å². The Morgan fingerprint density at radius 3 is 2.36 bits per heavy atom. The first kappa shape index (κ1) is 23.1. The van der Waals surface area contributed by atoms with E-state index >= 15 is 0 Å². The maximum atomic E-state index is 10.8. The second-order valence-electron chi connectivity index (χ2n) is 13.3. The number of benzene rings is 3. The molecule has 9 rings (SSSR count). The summed E-state index contributed by atoms with van der Waals surface area (Å²) in [6.07, 6.45) is 7.57. The Kier molecular flexibility index (Phi) is 4.85. The number of ether oxygens (including phenoxy) is 1. The van der Waals surface area contributed by atoms with Gasteiger partial charge in [0.1, 0.15) is 5.75 Å². The molecular formula is C35H38N2O2. The van der Waals surface area contributed by atoms with Crippen LogP contribution in [-0.2, 0) is 16.6 Å². The van der Waals surface area contributed by atoms with Crippen LogP contribution in [0.3, 0.4) is 0 Å². The van der Waals surface area contributed by atoms with Crippen molar-refractivity contribution in [1.82, 2.24) is 9.80 Å². The average molecular weight is 519 g/mol. The number of phenolic OH excluding ortho intramolecular Hbond substituents is 1. The van der Waals surface area contributed by atoms with Crippen molar-refractivity contribution in [1.29, 1.82) is 0 Å². The zero-order valence-electron chi connectivity index (χ0n) is 22.6. The smallest absolute Gasteiger partial charge is 0.115 e. The van der Waals surface area contributed by atoms with E-state index in [0.29, 0.717) is 23.8 Å². The third-order valence-electron chi connectivity index (χ3n) is 11.6. The first-order valence-corrected chi connectivity index (χ1v) is 15.3. The molecule has 5 unspecified atom stereocenters. The quantitative estimate of drug-likeness (QED) is 0.471. The van der Waals surface area contributed by atoms with Crippen LogP contribution >= 0.6 is 0 Å². The molecule has 4 nitrogen and oxygen atoms in total. The fourth-order valence-electron chi connectivity index (χ4n) is 10.2. The third kappa shape index (κ3) is 3.06. The van der Waals surface area contributed by atoms with Gasteiger partial charge in [0.05, 0.1) is 17.7 Å². The van der Waals surface area contributed by atoms with Crippen LogP contribution in [0.5, 0.6) is 5.75 Å². The Morgan fingerprint density at radius 1 is 0.897 bits per heavy atom. The molecule has 0 spiro atoms. The Labute approximate surface area is 231 Å². The molecule has 6 aliphatic rings. The standard InChI is InChI=1S/C35H38N2O2/c38-27-14-13-26-19-31-35-16-15-29-32(34(35,28(26)20-27)17-18-36(31)21-23-11-12-23)30(39-35)22-37(29)33(24-7-3-1-4-8-24)25-9-5-2-6-10-25/h1-10,13-14,20,23,29-33,38H,11-12,15-19,21-22H2/t29?,30-,31?,32?,34?,35?/m1/s1. The van der Waals surface area contributed by atoms with Gasteiger partial charge in [0.2, 0.25) is 0 Å². The van der Waals surface area contributed by atoms with Gasteiger partial charge in [-0.1, -0.05) is 66.7 Å². The fraction of sp³-hybridized carbons (Fsp3) is 0.486. The summed E-state index contributed by atoms with van der Waals surface area (Å²) in [6, 6.07) is 29.7. The fourth-order valence-corrected chi connectivity index (χ4v) is 10.2. The number of likely N-dealkylation sites (tertiary alicyclic amines) is 2. The minimum absolute atomic E-state index is 0.00962. The molecule has 3 aromatic carbocycles. The maximum Gasteiger partial charge on any atom is 0.115 e. The molecule has 1 N–H and O–H groups in total. The summed E-state index contributed by atoms with van der Waals surface area (Å²) in [5.74, 6) is 1.77. The average Bonchev–Trinajstić information content (AvgIpc) is 3.67. The van der Waals surface area contributed by atoms with Gasteiger partial charge in [0.15, 0.2) is 0 Å². The van der Waals surface area contributed by atoms with Crippen molar-refractivity contribution in [3.05, 3.63) is 101 Å². The van der Waals surface area contributed by atoms with Crippen molar-refractivity contribution in [2.75, 3.05) is 19.6 Å². The molecule has 6 atom stereocenters. The lowest BCUT2D eigenvalue weighted by atomic mass is 9.46. The lowest BCUT2D eigenvalue weighted by Crippen LogP contribution is -2.74. The van der Waals surface area contributed by atoms with Crippen LogP contribution in [0.4, 0.5) is 0 Å². The molecule has 0 radical (unpaired) electrons. The topological polar surface area (TPSA) is 35.9 Å².